The van der Waals surface area contributed by atoms with Crippen molar-refractivity contribution >= 4 is 7.82 Å². The van der Waals surface area contributed by atoms with Crippen LogP contribution in [0.15, 0.2) is 164 Å². The molecule has 0 aromatic heterocycles. The average Bonchev–Trinajstić information content (AvgIpc) is 3.30. The van der Waals surface area contributed by atoms with Crippen molar-refractivity contribution in [3.63, 3.8) is 0 Å². The molecule has 0 fully saturated rings. The lowest BCUT2D eigenvalue weighted by Gasteiger charge is -2.25. The summed E-state index contributed by atoms with van der Waals surface area (Å²) in [6.45, 7) is 25.3. The summed E-state index contributed by atoms with van der Waals surface area (Å²) < 4.78 is 37.6. The number of hydrogen-bond acceptors (Lipinski definition) is 4. The van der Waals surface area contributed by atoms with E-state index >= 15 is 4.57 Å². The fraction of sp³-hybridized carbons (Fsp3) is 0.182. The van der Waals surface area contributed by atoms with Gasteiger partial charge in [-0.15, -0.1) is 0 Å². The molecule has 71 heavy (non-hydrogen) atoms. The van der Waals surface area contributed by atoms with Crippen LogP contribution < -0.4 is 13.6 Å². The van der Waals surface area contributed by atoms with E-state index in [-0.39, 0.29) is 0 Å². The topological polar surface area (TPSA) is 44.8 Å². The van der Waals surface area contributed by atoms with Crippen LogP contribution in [0.25, 0.3) is 66.8 Å². The highest BCUT2D eigenvalue weighted by molar-refractivity contribution is 7.49. The zero-order valence-corrected chi connectivity index (χ0v) is 44.1. The van der Waals surface area contributed by atoms with Crippen molar-refractivity contribution in [3.8, 4) is 84.0 Å². The van der Waals surface area contributed by atoms with Gasteiger partial charge in [-0.25, -0.2) is 0 Å². The standard InChI is InChI=1S/C66H63O4P/c1-40-13-22-55(46(7)31-40)52-19-28-64(61(37-52)58-25-16-43(4)34-49(58)10)68-71(67,69-65-29-20-53(56-23-14-41(2)32-47(56)8)38-62(65)59-26-17-44(5)35-50(59)11)70-66-30-21-54(57-24-15-42(3)33-48(57)9)39-63(66)60-27-18-45(6)36-51(60)12/h13-39H,1-12H3. The fourth-order valence-electron chi connectivity index (χ4n) is 10.1. The van der Waals surface area contributed by atoms with Crippen molar-refractivity contribution in [1.82, 2.24) is 0 Å². The molecular formula is C66H63O4P. The average molecular weight is 951 g/mol. The van der Waals surface area contributed by atoms with Crippen LogP contribution in [0.2, 0.25) is 0 Å². The molecule has 9 rings (SSSR count). The molecule has 0 radical (unpaired) electrons. The first-order valence-corrected chi connectivity index (χ1v) is 25.9. The normalized spacial score (nSPS) is 11.4. The second-order valence-electron chi connectivity index (χ2n) is 19.8. The summed E-state index contributed by atoms with van der Waals surface area (Å²) in [7, 11) is -4.71. The van der Waals surface area contributed by atoms with E-state index < -0.39 is 7.82 Å². The summed E-state index contributed by atoms with van der Waals surface area (Å²) in [5, 5.41) is 0. The molecule has 5 heteroatoms. The zero-order chi connectivity index (χ0) is 50.3. The lowest BCUT2D eigenvalue weighted by Crippen LogP contribution is -2.10. The maximum absolute atomic E-state index is 16.6. The second kappa shape index (κ2) is 19.8. The number of phosphoric acid groups is 1. The highest BCUT2D eigenvalue weighted by Crippen LogP contribution is 2.56. The molecule has 0 aliphatic carbocycles. The molecule has 356 valence electrons. The van der Waals surface area contributed by atoms with Crippen molar-refractivity contribution in [1.29, 1.82) is 0 Å². The van der Waals surface area contributed by atoms with Crippen LogP contribution >= 0.6 is 7.82 Å². The Bertz CT molecular complexity index is 3210. The van der Waals surface area contributed by atoms with Gasteiger partial charge >= 0.3 is 7.82 Å². The molecule has 0 saturated heterocycles. The van der Waals surface area contributed by atoms with Crippen molar-refractivity contribution in [2.24, 2.45) is 0 Å². The summed E-state index contributed by atoms with van der Waals surface area (Å²) in [5.41, 5.74) is 25.2. The third kappa shape index (κ3) is 10.4. The molecule has 0 unspecified atom stereocenters. The lowest BCUT2D eigenvalue weighted by atomic mass is 9.93. The summed E-state index contributed by atoms with van der Waals surface area (Å²) in [5.74, 6) is 1.11. The first kappa shape index (κ1) is 48.6. The van der Waals surface area contributed by atoms with Gasteiger partial charge in [0.1, 0.15) is 17.2 Å². The van der Waals surface area contributed by atoms with Gasteiger partial charge in [0.15, 0.2) is 0 Å². The summed E-state index contributed by atoms with van der Waals surface area (Å²) in [6, 6.07) is 56.8. The van der Waals surface area contributed by atoms with Crippen LogP contribution in [0.1, 0.15) is 66.8 Å². The number of aryl methyl sites for hydroxylation is 12. The van der Waals surface area contributed by atoms with Gasteiger partial charge in [0, 0.05) is 16.7 Å². The Morgan fingerprint density at radius 1 is 0.239 bits per heavy atom. The van der Waals surface area contributed by atoms with Gasteiger partial charge in [0.25, 0.3) is 0 Å². The Kier molecular flexibility index (Phi) is 13.5. The van der Waals surface area contributed by atoms with Crippen LogP contribution in [0.5, 0.6) is 17.2 Å². The molecule has 4 nitrogen and oxygen atoms in total. The van der Waals surface area contributed by atoms with Crippen molar-refractivity contribution in [2.75, 3.05) is 0 Å². The van der Waals surface area contributed by atoms with Gasteiger partial charge < -0.3 is 13.6 Å². The van der Waals surface area contributed by atoms with Gasteiger partial charge in [-0.3, -0.25) is 0 Å². The van der Waals surface area contributed by atoms with E-state index in [2.05, 4.69) is 210 Å². The monoisotopic (exact) mass is 950 g/mol. The van der Waals surface area contributed by atoms with Crippen molar-refractivity contribution < 1.29 is 18.1 Å². The minimum absolute atomic E-state index is 0.369. The summed E-state index contributed by atoms with van der Waals surface area (Å²) >= 11 is 0. The van der Waals surface area contributed by atoms with E-state index in [1.165, 1.54) is 16.7 Å². The minimum Gasteiger partial charge on any atom is -0.385 e. The van der Waals surface area contributed by atoms with Crippen LogP contribution in [-0.4, -0.2) is 0 Å². The van der Waals surface area contributed by atoms with Gasteiger partial charge in [0.2, 0.25) is 0 Å². The molecule has 9 aromatic carbocycles. The molecule has 0 aliphatic rings. The first-order chi connectivity index (χ1) is 33.9. The highest BCUT2D eigenvalue weighted by Gasteiger charge is 2.37. The third-order valence-corrected chi connectivity index (χ3v) is 14.9. The molecule has 0 N–H and O–H groups in total. The molecule has 0 aliphatic heterocycles. The highest BCUT2D eigenvalue weighted by atomic mass is 31.2. The van der Waals surface area contributed by atoms with Crippen LogP contribution in [-0.2, 0) is 4.57 Å². The lowest BCUT2D eigenvalue weighted by molar-refractivity contribution is 0.299. The summed E-state index contributed by atoms with van der Waals surface area (Å²) in [6.07, 6.45) is 0. The number of benzene rings is 9. The Morgan fingerprint density at radius 2 is 0.451 bits per heavy atom. The zero-order valence-electron chi connectivity index (χ0n) is 43.2. The van der Waals surface area contributed by atoms with E-state index in [1.807, 2.05) is 36.4 Å². The van der Waals surface area contributed by atoms with Crippen molar-refractivity contribution in [3.05, 3.63) is 231 Å². The Balaban J connectivity index is 1.27. The molecular weight excluding hydrogens is 888 g/mol. The molecule has 0 heterocycles. The molecule has 0 atom stereocenters. The number of rotatable bonds is 12. The van der Waals surface area contributed by atoms with Gasteiger partial charge in [-0.05, 0) is 203 Å². The van der Waals surface area contributed by atoms with Crippen LogP contribution in [0.3, 0.4) is 0 Å². The predicted octanol–water partition coefficient (Wildman–Crippen LogP) is 19.0. The largest absolute Gasteiger partial charge is 0.647 e. The molecule has 0 amide bonds. The smallest absolute Gasteiger partial charge is 0.385 e. The van der Waals surface area contributed by atoms with Crippen LogP contribution in [0, 0.1) is 83.1 Å². The van der Waals surface area contributed by atoms with E-state index in [9.17, 15) is 0 Å². The fourth-order valence-corrected chi connectivity index (χ4v) is 11.5. The minimum atomic E-state index is -4.71. The number of hydrogen-bond donors (Lipinski definition) is 0. The Hall–Kier alpha value is -7.39. The van der Waals surface area contributed by atoms with Crippen molar-refractivity contribution in [2.45, 2.75) is 83.1 Å². The first-order valence-electron chi connectivity index (χ1n) is 24.5. The summed E-state index contributed by atoms with van der Waals surface area (Å²) in [4.78, 5) is 0. The molecule has 0 spiro atoms. The van der Waals surface area contributed by atoms with Gasteiger partial charge in [-0.2, -0.15) is 4.57 Å². The maximum atomic E-state index is 16.6. The SMILES string of the molecule is Cc1ccc(-c2ccc(OP(=O)(Oc3ccc(-c4ccc(C)cc4C)cc3-c3ccc(C)cc3C)Oc3ccc(-c4ccc(C)cc4C)cc3-c3ccc(C)cc3C)c(-c3ccc(C)cc3C)c2)c(C)c1. The van der Waals surface area contributed by atoms with Gasteiger partial charge in [-0.1, -0.05) is 161 Å². The van der Waals surface area contributed by atoms with Gasteiger partial charge in [0.05, 0.1) is 0 Å². The van der Waals surface area contributed by atoms with E-state index in [4.69, 9.17) is 13.6 Å². The predicted molar refractivity (Wildman–Crippen MR) is 298 cm³/mol. The quantitative estimate of drug-likeness (QED) is 0.114. The number of phosphoric ester groups is 1. The Labute approximate surface area is 421 Å². The van der Waals surface area contributed by atoms with E-state index in [1.54, 1.807) is 0 Å². The molecule has 0 bridgehead atoms. The van der Waals surface area contributed by atoms with E-state index in [0.717, 1.165) is 117 Å². The van der Waals surface area contributed by atoms with E-state index in [0.29, 0.717) is 17.2 Å². The third-order valence-electron chi connectivity index (χ3n) is 13.7. The second-order valence-corrected chi connectivity index (χ2v) is 21.2. The maximum Gasteiger partial charge on any atom is 0.647 e. The van der Waals surface area contributed by atoms with Crippen LogP contribution in [0.4, 0.5) is 0 Å². The molecule has 9 aromatic rings. The molecule has 0 saturated carbocycles. The Morgan fingerprint density at radius 3 is 0.662 bits per heavy atom.